The zero-order valence-corrected chi connectivity index (χ0v) is 14.9. The summed E-state index contributed by atoms with van der Waals surface area (Å²) in [5.74, 6) is -0.0883. The summed E-state index contributed by atoms with van der Waals surface area (Å²) in [6, 6.07) is 14.1. The second-order valence-electron chi connectivity index (χ2n) is 6.52. The maximum Gasteiger partial charge on any atom is 0.267 e. The van der Waals surface area contributed by atoms with E-state index in [1.54, 1.807) is 6.20 Å². The minimum Gasteiger partial charge on any atom is -0.322 e. The molecule has 26 heavy (non-hydrogen) atoms. The Morgan fingerprint density at radius 2 is 1.92 bits per heavy atom. The number of aromatic nitrogens is 2. The number of thiophene rings is 1. The molecule has 3 heterocycles. The van der Waals surface area contributed by atoms with Crippen molar-refractivity contribution < 1.29 is 4.79 Å². The van der Waals surface area contributed by atoms with Crippen LogP contribution in [0.4, 0.5) is 5.69 Å². The van der Waals surface area contributed by atoms with Crippen LogP contribution in [0.1, 0.15) is 27.2 Å². The van der Waals surface area contributed by atoms with Gasteiger partial charge in [0.1, 0.15) is 9.71 Å². The number of nitrogens with one attached hydrogen (secondary N) is 1. The van der Waals surface area contributed by atoms with Crippen molar-refractivity contribution in [1.29, 1.82) is 0 Å². The van der Waals surface area contributed by atoms with E-state index >= 15 is 0 Å². The largest absolute Gasteiger partial charge is 0.322 e. The molecule has 1 aliphatic rings. The van der Waals surface area contributed by atoms with Gasteiger partial charge in [0.25, 0.3) is 5.91 Å². The number of nitrogens with zero attached hydrogens (tertiary/aromatic N) is 2. The molecule has 5 heteroatoms. The van der Waals surface area contributed by atoms with Crippen molar-refractivity contribution >= 4 is 33.1 Å². The molecule has 4 aromatic rings. The summed E-state index contributed by atoms with van der Waals surface area (Å²) >= 11 is 1.43. The molecule has 0 aliphatic heterocycles. The predicted octanol–water partition coefficient (Wildman–Crippen LogP) is 4.83. The van der Waals surface area contributed by atoms with E-state index in [-0.39, 0.29) is 5.91 Å². The van der Waals surface area contributed by atoms with Crippen LogP contribution in [0.25, 0.3) is 15.9 Å². The minimum absolute atomic E-state index is 0.0883. The van der Waals surface area contributed by atoms with Gasteiger partial charge in [-0.05, 0) is 66.8 Å². The Labute approximate surface area is 155 Å². The zero-order chi connectivity index (χ0) is 17.5. The van der Waals surface area contributed by atoms with E-state index < -0.39 is 0 Å². The van der Waals surface area contributed by atoms with Crippen LogP contribution in [0.15, 0.2) is 61.1 Å². The quantitative estimate of drug-likeness (QED) is 0.570. The van der Waals surface area contributed by atoms with Gasteiger partial charge in [-0.1, -0.05) is 6.07 Å². The van der Waals surface area contributed by atoms with E-state index in [1.807, 2.05) is 47.3 Å². The normalized spacial score (nSPS) is 13.1. The lowest BCUT2D eigenvalue weighted by molar-refractivity contribution is 0.103. The van der Waals surface area contributed by atoms with Gasteiger partial charge in [-0.25, -0.2) is 4.98 Å². The Morgan fingerprint density at radius 1 is 1.08 bits per heavy atom. The number of pyridine rings is 1. The van der Waals surface area contributed by atoms with Crippen LogP contribution in [-0.4, -0.2) is 15.5 Å². The maximum absolute atomic E-state index is 13.1. The van der Waals surface area contributed by atoms with E-state index in [1.165, 1.54) is 28.9 Å². The summed E-state index contributed by atoms with van der Waals surface area (Å²) in [7, 11) is 0. The molecule has 0 saturated heterocycles. The first-order valence-electron chi connectivity index (χ1n) is 8.73. The fraction of sp³-hybridized carbons (Fsp3) is 0.143. The van der Waals surface area contributed by atoms with E-state index in [0.717, 1.165) is 34.4 Å². The van der Waals surface area contributed by atoms with E-state index in [4.69, 9.17) is 0 Å². The van der Waals surface area contributed by atoms with Crippen molar-refractivity contribution in [2.45, 2.75) is 19.3 Å². The summed E-state index contributed by atoms with van der Waals surface area (Å²) in [4.78, 5) is 19.0. The number of rotatable bonds is 3. The van der Waals surface area contributed by atoms with Crippen LogP contribution in [-0.2, 0) is 12.8 Å². The Kier molecular flexibility index (Phi) is 3.60. The summed E-state index contributed by atoms with van der Waals surface area (Å²) in [5.41, 5.74) is 4.51. The third kappa shape index (κ3) is 2.52. The zero-order valence-electron chi connectivity index (χ0n) is 14.1. The first-order valence-corrected chi connectivity index (χ1v) is 9.55. The van der Waals surface area contributed by atoms with Gasteiger partial charge in [0.15, 0.2) is 0 Å². The van der Waals surface area contributed by atoms with Crippen LogP contribution in [0.5, 0.6) is 0 Å². The monoisotopic (exact) mass is 359 g/mol. The highest BCUT2D eigenvalue weighted by atomic mass is 32.1. The van der Waals surface area contributed by atoms with Crippen molar-refractivity contribution in [3.8, 4) is 5.69 Å². The summed E-state index contributed by atoms with van der Waals surface area (Å²) in [6.45, 7) is 0. The first-order chi connectivity index (χ1) is 12.8. The molecule has 0 saturated carbocycles. The molecule has 1 amide bonds. The maximum atomic E-state index is 13.1. The van der Waals surface area contributed by atoms with Crippen molar-refractivity contribution in [1.82, 2.24) is 9.55 Å². The van der Waals surface area contributed by atoms with Gasteiger partial charge in [-0.3, -0.25) is 4.79 Å². The average Bonchev–Trinajstić information content (AvgIpc) is 3.39. The lowest BCUT2D eigenvalue weighted by Crippen LogP contribution is -2.12. The summed E-state index contributed by atoms with van der Waals surface area (Å²) in [5, 5.41) is 4.07. The topological polar surface area (TPSA) is 46.9 Å². The van der Waals surface area contributed by atoms with Gasteiger partial charge in [-0.15, -0.1) is 11.3 Å². The van der Waals surface area contributed by atoms with Crippen molar-refractivity contribution in [2.75, 3.05) is 5.32 Å². The van der Waals surface area contributed by atoms with Gasteiger partial charge in [0.05, 0.1) is 5.69 Å². The standard InChI is InChI=1S/C21H17N3OS/c25-20(23-16-9-8-14-5-3-6-15(14)13-16)19-18(24-11-1-2-12-24)17-7-4-10-22-21(17)26-19/h1-2,4,7-13H,3,5-6H2,(H,23,25). The first kappa shape index (κ1) is 15.3. The molecule has 0 radical (unpaired) electrons. The second kappa shape index (κ2) is 6.11. The molecule has 1 aliphatic carbocycles. The third-order valence-corrected chi connectivity index (χ3v) is 5.97. The van der Waals surface area contributed by atoms with Crippen molar-refractivity contribution in [3.63, 3.8) is 0 Å². The minimum atomic E-state index is -0.0883. The lowest BCUT2D eigenvalue weighted by Gasteiger charge is -2.09. The Hall–Kier alpha value is -2.92. The fourth-order valence-electron chi connectivity index (χ4n) is 3.65. The SMILES string of the molecule is O=C(Nc1ccc2c(c1)CCC2)c1sc2ncccc2c1-n1cccc1. The highest BCUT2D eigenvalue weighted by molar-refractivity contribution is 7.21. The molecule has 0 unspecified atom stereocenters. The summed E-state index contributed by atoms with van der Waals surface area (Å²) < 4.78 is 1.98. The van der Waals surface area contributed by atoms with Gasteiger partial charge in [0.2, 0.25) is 0 Å². The molecule has 1 aromatic carbocycles. The summed E-state index contributed by atoms with van der Waals surface area (Å²) in [6.07, 6.45) is 9.12. The number of carbonyl (C=O) groups excluding carboxylic acids is 1. The number of benzene rings is 1. The number of hydrogen-bond acceptors (Lipinski definition) is 3. The Morgan fingerprint density at radius 3 is 2.81 bits per heavy atom. The number of amides is 1. The molecule has 128 valence electrons. The van der Waals surface area contributed by atoms with Crippen LogP contribution in [0, 0.1) is 0 Å². The number of anilines is 1. The van der Waals surface area contributed by atoms with Crippen LogP contribution in [0.3, 0.4) is 0 Å². The molecule has 0 spiro atoms. The molecule has 1 N–H and O–H groups in total. The molecular formula is C21H17N3OS. The molecule has 0 atom stereocenters. The predicted molar refractivity (Wildman–Crippen MR) is 105 cm³/mol. The molecule has 3 aromatic heterocycles. The van der Waals surface area contributed by atoms with Gasteiger partial charge < -0.3 is 9.88 Å². The highest BCUT2D eigenvalue weighted by Gasteiger charge is 2.21. The van der Waals surface area contributed by atoms with E-state index in [0.29, 0.717) is 4.88 Å². The number of hydrogen-bond donors (Lipinski definition) is 1. The second-order valence-corrected chi connectivity index (χ2v) is 7.52. The average molecular weight is 359 g/mol. The highest BCUT2D eigenvalue weighted by Crippen LogP contribution is 2.34. The third-order valence-electron chi connectivity index (χ3n) is 4.87. The van der Waals surface area contributed by atoms with E-state index in [2.05, 4.69) is 22.4 Å². The fourth-order valence-corrected chi connectivity index (χ4v) is 4.69. The Bertz CT molecular complexity index is 1110. The molecule has 5 rings (SSSR count). The van der Waals surface area contributed by atoms with Gasteiger partial charge in [0, 0.05) is 29.7 Å². The van der Waals surface area contributed by atoms with Crippen LogP contribution in [0.2, 0.25) is 0 Å². The molecule has 0 bridgehead atoms. The molecule has 4 nitrogen and oxygen atoms in total. The number of carbonyl (C=O) groups is 1. The number of aryl methyl sites for hydroxylation is 2. The van der Waals surface area contributed by atoms with Gasteiger partial charge in [-0.2, -0.15) is 0 Å². The van der Waals surface area contributed by atoms with Crippen LogP contribution >= 0.6 is 11.3 Å². The van der Waals surface area contributed by atoms with Crippen molar-refractivity contribution in [3.05, 3.63) is 77.1 Å². The molecular weight excluding hydrogens is 342 g/mol. The smallest absolute Gasteiger partial charge is 0.267 e. The molecule has 0 fully saturated rings. The number of fused-ring (bicyclic) bond motifs is 2. The Balaban J connectivity index is 1.56. The van der Waals surface area contributed by atoms with Crippen LogP contribution < -0.4 is 5.32 Å². The van der Waals surface area contributed by atoms with Crippen molar-refractivity contribution in [2.24, 2.45) is 0 Å². The lowest BCUT2D eigenvalue weighted by atomic mass is 10.1. The van der Waals surface area contributed by atoms with Gasteiger partial charge >= 0.3 is 0 Å². The van der Waals surface area contributed by atoms with E-state index in [9.17, 15) is 4.79 Å².